The van der Waals surface area contributed by atoms with Crippen LogP contribution in [0.25, 0.3) is 11.1 Å². The molecule has 3 heterocycles. The molecule has 0 saturated carbocycles. The van der Waals surface area contributed by atoms with Crippen LogP contribution in [0.3, 0.4) is 0 Å². The molecule has 1 aliphatic rings. The van der Waals surface area contributed by atoms with Gasteiger partial charge in [-0.15, -0.1) is 10.2 Å². The van der Waals surface area contributed by atoms with Crippen LogP contribution < -0.4 is 21.1 Å². The van der Waals surface area contributed by atoms with Crippen molar-refractivity contribution in [1.82, 2.24) is 14.8 Å². The van der Waals surface area contributed by atoms with Crippen molar-refractivity contribution in [1.29, 1.82) is 0 Å². The monoisotopic (exact) mass is 580 g/mol. The number of rotatable bonds is 6. The summed E-state index contributed by atoms with van der Waals surface area (Å²) in [6.45, 7) is 11.7. The Morgan fingerprint density at radius 3 is 2.30 bits per heavy atom. The van der Waals surface area contributed by atoms with Crippen LogP contribution in [-0.2, 0) is 12.5 Å². The quantitative estimate of drug-likeness (QED) is 0.264. The zero-order chi connectivity index (χ0) is 30.9. The number of carbonyl (C=O) groups excluding carboxylic acids is 1. The Bertz CT molecular complexity index is 1680. The van der Waals surface area contributed by atoms with Crippen molar-refractivity contribution in [3.63, 3.8) is 0 Å². The molecule has 0 atom stereocenters. The summed E-state index contributed by atoms with van der Waals surface area (Å²) in [4.78, 5) is 28.2. The molecular formula is C34H40N6O3. The van der Waals surface area contributed by atoms with Gasteiger partial charge in [0.25, 0.3) is 11.5 Å². The van der Waals surface area contributed by atoms with E-state index in [4.69, 9.17) is 0 Å². The third-order valence-corrected chi connectivity index (χ3v) is 8.17. The predicted octanol–water partition coefficient (Wildman–Crippen LogP) is 5.80. The van der Waals surface area contributed by atoms with E-state index >= 15 is 0 Å². The lowest BCUT2D eigenvalue weighted by Gasteiger charge is -2.36. The number of aryl methyl sites for hydroxylation is 1. The second kappa shape index (κ2) is 11.6. The standard InChI is InChI=1S/C34H40N6O3/c1-22-26(8-7-9-27(22)36-31(41)23-10-12-25(13-11-23)33(2,3)4)24-20-28(32(42)39(6)21-24)35-29-14-15-30(38-37-29)40-18-16-34(5,43)17-19-40/h7-15,20-21,43H,16-19H2,1-6H3,(H,35,37)(H,36,41). The first-order valence-electron chi connectivity index (χ1n) is 14.6. The lowest BCUT2D eigenvalue weighted by Crippen LogP contribution is -2.42. The summed E-state index contributed by atoms with van der Waals surface area (Å²) in [6.07, 6.45) is 3.13. The molecule has 0 aliphatic carbocycles. The summed E-state index contributed by atoms with van der Waals surface area (Å²) in [5.41, 5.74) is 4.58. The van der Waals surface area contributed by atoms with Crippen LogP contribution in [0.15, 0.2) is 71.7 Å². The molecule has 2 aromatic heterocycles. The van der Waals surface area contributed by atoms with Gasteiger partial charge in [-0.25, -0.2) is 0 Å². The van der Waals surface area contributed by atoms with E-state index in [1.807, 2.05) is 62.4 Å². The van der Waals surface area contributed by atoms with Crippen molar-refractivity contribution in [3.05, 3.63) is 93.9 Å². The molecule has 1 saturated heterocycles. The summed E-state index contributed by atoms with van der Waals surface area (Å²) in [7, 11) is 1.71. The molecule has 9 nitrogen and oxygen atoms in total. The van der Waals surface area contributed by atoms with E-state index in [0.717, 1.165) is 22.5 Å². The fourth-order valence-electron chi connectivity index (χ4n) is 5.26. The van der Waals surface area contributed by atoms with Crippen molar-refractivity contribution < 1.29 is 9.90 Å². The maximum Gasteiger partial charge on any atom is 0.274 e. The fraction of sp³-hybridized carbons (Fsp3) is 0.353. The molecule has 0 spiro atoms. The maximum atomic E-state index is 13.1. The SMILES string of the molecule is Cc1c(NC(=O)c2ccc(C(C)(C)C)cc2)cccc1-c1cc(Nc2ccc(N3CCC(C)(O)CC3)nn2)c(=O)n(C)c1. The van der Waals surface area contributed by atoms with Crippen molar-refractivity contribution >= 4 is 28.9 Å². The second-order valence-corrected chi connectivity index (χ2v) is 12.7. The van der Waals surface area contributed by atoms with Gasteiger partial charge in [0.1, 0.15) is 5.69 Å². The van der Waals surface area contributed by atoms with Gasteiger partial charge in [-0.05, 0) is 85.2 Å². The summed E-state index contributed by atoms with van der Waals surface area (Å²) < 4.78 is 1.53. The number of hydrogen-bond donors (Lipinski definition) is 3. The first kappa shape index (κ1) is 30.0. The van der Waals surface area contributed by atoms with Gasteiger partial charge in [0.15, 0.2) is 11.6 Å². The molecule has 1 amide bonds. The Morgan fingerprint density at radius 1 is 0.977 bits per heavy atom. The molecule has 224 valence electrons. The van der Waals surface area contributed by atoms with Crippen molar-refractivity contribution in [2.24, 2.45) is 7.05 Å². The minimum atomic E-state index is -0.641. The van der Waals surface area contributed by atoms with Crippen LogP contribution in [0.2, 0.25) is 0 Å². The summed E-state index contributed by atoms with van der Waals surface area (Å²) in [5, 5.41) is 25.1. The highest BCUT2D eigenvalue weighted by molar-refractivity contribution is 6.05. The van der Waals surface area contributed by atoms with E-state index in [-0.39, 0.29) is 16.9 Å². The van der Waals surface area contributed by atoms with Crippen LogP contribution in [-0.4, -0.2) is 44.5 Å². The average Bonchev–Trinajstić information content (AvgIpc) is 2.96. The summed E-state index contributed by atoms with van der Waals surface area (Å²) in [6, 6.07) is 18.9. The number of pyridine rings is 1. The van der Waals surface area contributed by atoms with E-state index in [0.29, 0.717) is 48.7 Å². The number of amides is 1. The van der Waals surface area contributed by atoms with Gasteiger partial charge in [-0.1, -0.05) is 45.0 Å². The van der Waals surface area contributed by atoms with Gasteiger partial charge in [0.2, 0.25) is 0 Å². The summed E-state index contributed by atoms with van der Waals surface area (Å²) >= 11 is 0. The Balaban J connectivity index is 1.35. The lowest BCUT2D eigenvalue weighted by molar-refractivity contribution is 0.0350. The van der Waals surface area contributed by atoms with E-state index < -0.39 is 5.60 Å². The number of aliphatic hydroxyl groups is 1. The number of carbonyl (C=O) groups is 1. The second-order valence-electron chi connectivity index (χ2n) is 12.7. The Kier molecular flexibility index (Phi) is 8.12. The van der Waals surface area contributed by atoms with Crippen LogP contribution in [0, 0.1) is 6.92 Å². The van der Waals surface area contributed by atoms with Gasteiger partial charge in [-0.2, -0.15) is 0 Å². The molecule has 0 radical (unpaired) electrons. The average molecular weight is 581 g/mol. The smallest absolute Gasteiger partial charge is 0.274 e. The topological polar surface area (TPSA) is 112 Å². The molecule has 3 N–H and O–H groups in total. The number of piperidine rings is 1. The number of hydrogen-bond acceptors (Lipinski definition) is 7. The first-order chi connectivity index (χ1) is 20.3. The van der Waals surface area contributed by atoms with E-state index in [1.165, 1.54) is 10.1 Å². The van der Waals surface area contributed by atoms with Crippen LogP contribution >= 0.6 is 0 Å². The van der Waals surface area contributed by atoms with Crippen molar-refractivity contribution in [2.45, 2.75) is 58.5 Å². The highest BCUT2D eigenvalue weighted by Gasteiger charge is 2.28. The molecule has 2 aromatic carbocycles. The molecule has 0 bridgehead atoms. The number of nitrogens with zero attached hydrogens (tertiary/aromatic N) is 4. The zero-order valence-electron chi connectivity index (χ0n) is 25.7. The van der Waals surface area contributed by atoms with Crippen molar-refractivity contribution in [2.75, 3.05) is 28.6 Å². The number of benzene rings is 2. The highest BCUT2D eigenvalue weighted by Crippen LogP contribution is 2.31. The fourth-order valence-corrected chi connectivity index (χ4v) is 5.26. The van der Waals surface area contributed by atoms with Gasteiger partial charge in [0, 0.05) is 43.1 Å². The minimum Gasteiger partial charge on any atom is -0.390 e. The lowest BCUT2D eigenvalue weighted by atomic mass is 9.86. The van der Waals surface area contributed by atoms with Gasteiger partial charge in [-0.3, -0.25) is 9.59 Å². The van der Waals surface area contributed by atoms with Crippen LogP contribution in [0.5, 0.6) is 0 Å². The summed E-state index contributed by atoms with van der Waals surface area (Å²) in [5.74, 6) is 1.01. The van der Waals surface area contributed by atoms with Gasteiger partial charge >= 0.3 is 0 Å². The molecular weight excluding hydrogens is 540 g/mol. The molecule has 1 aliphatic heterocycles. The minimum absolute atomic E-state index is 0.0105. The number of anilines is 4. The van der Waals surface area contributed by atoms with Gasteiger partial charge in [0.05, 0.1) is 5.60 Å². The Morgan fingerprint density at radius 2 is 1.67 bits per heavy atom. The Labute approximate surface area is 252 Å². The molecule has 43 heavy (non-hydrogen) atoms. The van der Waals surface area contributed by atoms with Crippen LogP contribution in [0.4, 0.5) is 23.0 Å². The molecule has 9 heteroatoms. The van der Waals surface area contributed by atoms with Crippen LogP contribution in [0.1, 0.15) is 62.0 Å². The highest BCUT2D eigenvalue weighted by atomic mass is 16.3. The normalized spacial score (nSPS) is 14.8. The van der Waals surface area contributed by atoms with Crippen molar-refractivity contribution in [3.8, 4) is 11.1 Å². The van der Waals surface area contributed by atoms with Gasteiger partial charge < -0.3 is 25.2 Å². The molecule has 1 fully saturated rings. The van der Waals surface area contributed by atoms with E-state index in [9.17, 15) is 14.7 Å². The third-order valence-electron chi connectivity index (χ3n) is 8.17. The number of aromatic nitrogens is 3. The van der Waals surface area contributed by atoms with E-state index in [2.05, 4.69) is 46.5 Å². The predicted molar refractivity (Wildman–Crippen MR) is 172 cm³/mol. The largest absolute Gasteiger partial charge is 0.390 e. The number of nitrogens with one attached hydrogen (secondary N) is 2. The molecule has 5 rings (SSSR count). The zero-order valence-corrected chi connectivity index (χ0v) is 25.7. The third kappa shape index (κ3) is 6.78. The first-order valence-corrected chi connectivity index (χ1v) is 14.6. The molecule has 4 aromatic rings. The maximum absolute atomic E-state index is 13.1. The Hall–Kier alpha value is -4.50. The van der Waals surface area contributed by atoms with E-state index in [1.54, 1.807) is 25.4 Å². The molecule has 0 unspecified atom stereocenters.